The summed E-state index contributed by atoms with van der Waals surface area (Å²) in [6.07, 6.45) is 0. The molecule has 0 amide bonds. The molecule has 0 unspecified atom stereocenters. The first-order valence-corrected chi connectivity index (χ1v) is 1.13. The fourth-order valence-electron chi connectivity index (χ4n) is 0. The number of hydrogen-bond acceptors (Lipinski definition) is 0. The van der Waals surface area contributed by atoms with Gasteiger partial charge < -0.3 is 26.3 Å². The maximum atomic E-state index is 9.58. The van der Waals surface area contributed by atoms with Crippen LogP contribution >= 0.6 is 0 Å². The normalized spacial score (nSPS) is 8.00. The summed E-state index contributed by atoms with van der Waals surface area (Å²) in [5.74, 6) is 0. The molecule has 52 valence electrons. The van der Waals surface area contributed by atoms with Crippen molar-refractivity contribution in [1.82, 2.24) is 0 Å². The molecule has 7 heteroatoms. The topological polar surface area (TPSA) is 0 Å². The summed E-state index contributed by atoms with van der Waals surface area (Å²) in [4.78, 5) is 0. The van der Waals surface area contributed by atoms with Crippen LogP contribution in [0.15, 0.2) is 0 Å². The monoisotopic (exact) mass is 202 g/mol. The second-order valence-corrected chi connectivity index (χ2v) is 0.429. The molecule has 0 aromatic carbocycles. The zero-order valence-corrected chi connectivity index (χ0v) is 6.94. The van der Waals surface area contributed by atoms with Crippen LogP contribution in [0.1, 0.15) is 0 Å². The molecule has 0 atom stereocenters. The summed E-state index contributed by atoms with van der Waals surface area (Å²) >= 11 is 0. The van der Waals surface area contributed by atoms with E-state index in [2.05, 4.69) is 0 Å². The van der Waals surface area contributed by atoms with Crippen LogP contribution in [-0.2, 0) is 19.5 Å². The Bertz CT molecular complexity index is 26.5. The van der Waals surface area contributed by atoms with Gasteiger partial charge in [0.25, 0.3) is 0 Å². The molecular weight excluding hydrogens is 203 g/mol. The average Bonchev–Trinajstić information content (AvgIpc) is 1.25. The van der Waals surface area contributed by atoms with E-state index in [9.17, 15) is 26.3 Å². The molecule has 9 heavy (non-hydrogen) atoms. The SMILES string of the molecule is F[C-](F)F.F[C-](F)F.[Zn+2]. The maximum Gasteiger partial charge on any atom is 2.00 e. The van der Waals surface area contributed by atoms with Crippen LogP contribution in [0.5, 0.6) is 0 Å². The van der Waals surface area contributed by atoms with Crippen molar-refractivity contribution in [2.75, 3.05) is 0 Å². The third-order valence-corrected chi connectivity index (χ3v) is 0. The van der Waals surface area contributed by atoms with Crippen LogP contribution < -0.4 is 0 Å². The smallest absolute Gasteiger partial charge is 0.385 e. The second kappa shape index (κ2) is 11.1. The van der Waals surface area contributed by atoms with E-state index in [1.165, 1.54) is 0 Å². The van der Waals surface area contributed by atoms with Crippen LogP contribution in [0, 0.1) is 13.4 Å². The summed E-state index contributed by atoms with van der Waals surface area (Å²) in [7, 11) is 0. The Labute approximate surface area is 60.0 Å². The van der Waals surface area contributed by atoms with E-state index in [0.717, 1.165) is 0 Å². The Kier molecular flexibility index (Phi) is 19.8. The minimum Gasteiger partial charge on any atom is -0.385 e. The quantitative estimate of drug-likeness (QED) is 0.323. The van der Waals surface area contributed by atoms with Gasteiger partial charge in [-0.15, -0.1) is 0 Å². The molecule has 0 aromatic heterocycles. The van der Waals surface area contributed by atoms with E-state index in [0.29, 0.717) is 0 Å². The fourth-order valence-corrected chi connectivity index (χ4v) is 0. The van der Waals surface area contributed by atoms with Gasteiger partial charge in [0.15, 0.2) is 13.4 Å². The van der Waals surface area contributed by atoms with Crippen molar-refractivity contribution in [3.8, 4) is 0 Å². The van der Waals surface area contributed by atoms with Crippen molar-refractivity contribution in [2.24, 2.45) is 0 Å². The van der Waals surface area contributed by atoms with Gasteiger partial charge in [-0.1, -0.05) is 0 Å². The summed E-state index contributed by atoms with van der Waals surface area (Å²) in [5.41, 5.74) is 0. The van der Waals surface area contributed by atoms with Gasteiger partial charge >= 0.3 is 19.5 Å². The molecule has 0 fully saturated rings. The standard InChI is InChI=1S/2CF3.Zn/c2*2-1(3)4;/q2*-1;+2. The number of rotatable bonds is 0. The van der Waals surface area contributed by atoms with Crippen molar-refractivity contribution < 1.29 is 45.8 Å². The van der Waals surface area contributed by atoms with Gasteiger partial charge in [0.2, 0.25) is 0 Å². The predicted molar refractivity (Wildman–Crippen MR) is 13.1 cm³/mol. The summed E-state index contributed by atoms with van der Waals surface area (Å²) in [6, 6.07) is 0. The van der Waals surface area contributed by atoms with Crippen molar-refractivity contribution in [2.45, 2.75) is 0 Å². The van der Waals surface area contributed by atoms with Crippen molar-refractivity contribution in [3.63, 3.8) is 0 Å². The van der Waals surface area contributed by atoms with Crippen LogP contribution in [-0.4, -0.2) is 0 Å². The van der Waals surface area contributed by atoms with Crippen molar-refractivity contribution in [1.29, 1.82) is 0 Å². The molecule has 0 radical (unpaired) electrons. The van der Waals surface area contributed by atoms with E-state index in [4.69, 9.17) is 0 Å². The van der Waals surface area contributed by atoms with Crippen LogP contribution in [0.2, 0.25) is 0 Å². The van der Waals surface area contributed by atoms with Gasteiger partial charge in [-0.05, 0) is 0 Å². The van der Waals surface area contributed by atoms with Gasteiger partial charge in [0, 0.05) is 0 Å². The Morgan fingerprint density at radius 3 is 0.556 bits per heavy atom. The number of halogens is 6. The average molecular weight is 203 g/mol. The third-order valence-electron chi connectivity index (χ3n) is 0. The summed E-state index contributed by atoms with van der Waals surface area (Å²) < 4.78 is 57.5. The molecule has 0 N–H and O–H groups in total. The molecule has 0 heterocycles. The molecule has 0 spiro atoms. The molecule has 0 saturated carbocycles. The van der Waals surface area contributed by atoms with Crippen LogP contribution in [0.4, 0.5) is 26.3 Å². The first-order chi connectivity index (χ1) is 3.46. The van der Waals surface area contributed by atoms with Gasteiger partial charge in [-0.2, -0.15) is 0 Å². The Morgan fingerprint density at radius 2 is 0.556 bits per heavy atom. The Hall–Kier alpha value is 0.203. The van der Waals surface area contributed by atoms with Crippen LogP contribution in [0.3, 0.4) is 0 Å². The minimum atomic E-state index is -3.08. The second-order valence-electron chi connectivity index (χ2n) is 0.429. The maximum absolute atomic E-state index is 9.58. The predicted octanol–water partition coefficient (Wildman–Crippen LogP) is 2.68. The van der Waals surface area contributed by atoms with Gasteiger partial charge in [-0.3, -0.25) is 0 Å². The molecule has 0 aliphatic rings. The molecule has 0 bridgehead atoms. The van der Waals surface area contributed by atoms with Crippen molar-refractivity contribution in [3.05, 3.63) is 13.4 Å². The first-order valence-electron chi connectivity index (χ1n) is 1.13. The van der Waals surface area contributed by atoms with Gasteiger partial charge in [-0.25, -0.2) is 0 Å². The molecule has 0 saturated heterocycles. The molecule has 0 aliphatic heterocycles. The van der Waals surface area contributed by atoms with E-state index >= 15 is 0 Å². The van der Waals surface area contributed by atoms with Gasteiger partial charge in [0.05, 0.1) is 0 Å². The molecule has 0 aromatic rings. The number of hydrogen-bond donors (Lipinski definition) is 0. The minimum absolute atomic E-state index is 0. The van der Waals surface area contributed by atoms with Crippen molar-refractivity contribution >= 4 is 0 Å². The molecular formula is C2F6Zn. The molecule has 0 nitrogen and oxygen atoms in total. The molecule has 0 rings (SSSR count). The summed E-state index contributed by atoms with van der Waals surface area (Å²) in [6.45, 7) is -6.17. The van der Waals surface area contributed by atoms with E-state index in [1.807, 2.05) is 0 Å². The van der Waals surface area contributed by atoms with E-state index in [-0.39, 0.29) is 19.5 Å². The Balaban J connectivity index is -0.0000000720. The zero-order chi connectivity index (χ0) is 7.15. The summed E-state index contributed by atoms with van der Waals surface area (Å²) in [5, 5.41) is 0. The third kappa shape index (κ3) is 7630. The first kappa shape index (κ1) is 16.1. The van der Waals surface area contributed by atoms with Crippen LogP contribution in [0.25, 0.3) is 0 Å². The largest absolute Gasteiger partial charge is 2.00 e. The zero-order valence-electron chi connectivity index (χ0n) is 3.97. The molecule has 0 aliphatic carbocycles. The van der Waals surface area contributed by atoms with Gasteiger partial charge in [0.1, 0.15) is 0 Å². The van der Waals surface area contributed by atoms with E-state index in [1.54, 1.807) is 0 Å². The Morgan fingerprint density at radius 1 is 0.556 bits per heavy atom. The van der Waals surface area contributed by atoms with E-state index < -0.39 is 13.4 Å². The fraction of sp³-hybridized carbons (Fsp3) is 0.